The van der Waals surface area contributed by atoms with Gasteiger partial charge in [-0.05, 0) is 29.8 Å². The monoisotopic (exact) mass is 419 g/mol. The second kappa shape index (κ2) is 6.15. The summed E-state index contributed by atoms with van der Waals surface area (Å²) in [6.45, 7) is 0. The zero-order valence-corrected chi connectivity index (χ0v) is 16.1. The maximum absolute atomic E-state index is 13.3. The lowest BCUT2D eigenvalue weighted by Crippen LogP contribution is -2.07. The highest BCUT2D eigenvalue weighted by atomic mass is 79.9. The second-order valence-corrected chi connectivity index (χ2v) is 8.40. The fraction of sp³-hybridized carbons (Fsp3) is 0.0455. The highest BCUT2D eigenvalue weighted by Gasteiger charge is 2.37. The van der Waals surface area contributed by atoms with E-state index in [1.54, 1.807) is 11.8 Å². The van der Waals surface area contributed by atoms with Crippen LogP contribution < -0.4 is 5.32 Å². The molecule has 126 valence electrons. The maximum atomic E-state index is 13.3. The van der Waals surface area contributed by atoms with Crippen molar-refractivity contribution in [3.8, 4) is 0 Å². The molecule has 0 radical (unpaired) electrons. The molecule has 1 heterocycles. The lowest BCUT2D eigenvalue weighted by atomic mass is 10.0. The number of halogens is 1. The van der Waals surface area contributed by atoms with Gasteiger partial charge in [-0.1, -0.05) is 64.5 Å². The maximum Gasteiger partial charge on any atom is 0.193 e. The van der Waals surface area contributed by atoms with Crippen LogP contribution in [0.5, 0.6) is 0 Å². The average molecular weight is 420 g/mol. The fourth-order valence-corrected chi connectivity index (χ4v) is 5.11. The van der Waals surface area contributed by atoms with Gasteiger partial charge in [-0.15, -0.1) is 11.8 Å². The molecule has 1 unspecified atom stereocenters. The minimum atomic E-state index is -0.0471. The molecule has 0 amide bonds. The summed E-state index contributed by atoms with van der Waals surface area (Å²) in [5, 5.41) is 3.50. The van der Waals surface area contributed by atoms with Gasteiger partial charge in [0, 0.05) is 26.1 Å². The number of hydrogen-bond acceptors (Lipinski definition) is 3. The van der Waals surface area contributed by atoms with Crippen molar-refractivity contribution in [2.45, 2.75) is 10.1 Å². The van der Waals surface area contributed by atoms with Crippen LogP contribution >= 0.6 is 27.7 Å². The number of fused-ring (bicyclic) bond motifs is 3. The number of thioether (sulfide) groups is 1. The molecular weight excluding hydrogens is 406 g/mol. The number of ketones is 1. The van der Waals surface area contributed by atoms with Crippen LogP contribution in [0, 0.1) is 0 Å². The molecule has 26 heavy (non-hydrogen) atoms. The highest BCUT2D eigenvalue weighted by Crippen LogP contribution is 2.52. The summed E-state index contributed by atoms with van der Waals surface area (Å²) < 4.78 is 1.04. The van der Waals surface area contributed by atoms with Gasteiger partial charge in [-0.3, -0.25) is 4.79 Å². The first kappa shape index (κ1) is 15.9. The summed E-state index contributed by atoms with van der Waals surface area (Å²) >= 11 is 5.24. The molecular formula is C22H14BrNOS. The minimum absolute atomic E-state index is 0.0471. The molecule has 4 heteroatoms. The SMILES string of the molecule is O=C1C2=C(Nc3ccccc3SC2c2ccc(Br)cc2)c2ccccc21. The van der Waals surface area contributed by atoms with Crippen LogP contribution in [0.4, 0.5) is 5.69 Å². The first-order valence-electron chi connectivity index (χ1n) is 8.39. The van der Waals surface area contributed by atoms with Crippen molar-refractivity contribution < 1.29 is 4.79 Å². The first-order valence-corrected chi connectivity index (χ1v) is 10.1. The number of anilines is 1. The molecule has 5 rings (SSSR count). The third kappa shape index (κ3) is 2.44. The molecule has 2 nitrogen and oxygen atoms in total. The zero-order valence-electron chi connectivity index (χ0n) is 13.7. The molecule has 0 saturated heterocycles. The van der Waals surface area contributed by atoms with Crippen LogP contribution in [0.25, 0.3) is 5.70 Å². The Balaban J connectivity index is 1.74. The topological polar surface area (TPSA) is 29.1 Å². The number of nitrogens with one attached hydrogen (secondary N) is 1. The van der Waals surface area contributed by atoms with Crippen molar-refractivity contribution in [1.82, 2.24) is 0 Å². The van der Waals surface area contributed by atoms with Crippen LogP contribution in [0.3, 0.4) is 0 Å². The number of rotatable bonds is 1. The van der Waals surface area contributed by atoms with E-state index < -0.39 is 0 Å². The molecule has 3 aromatic carbocycles. The fourth-order valence-electron chi connectivity index (χ4n) is 3.55. The quantitative estimate of drug-likeness (QED) is 0.500. The van der Waals surface area contributed by atoms with Gasteiger partial charge >= 0.3 is 0 Å². The number of benzene rings is 3. The zero-order chi connectivity index (χ0) is 17.7. The summed E-state index contributed by atoms with van der Waals surface area (Å²) in [6.07, 6.45) is 0. The van der Waals surface area contributed by atoms with Crippen molar-refractivity contribution in [3.05, 3.63) is 99.5 Å². The van der Waals surface area contributed by atoms with Gasteiger partial charge in [0.25, 0.3) is 0 Å². The van der Waals surface area contributed by atoms with E-state index >= 15 is 0 Å². The van der Waals surface area contributed by atoms with Crippen LogP contribution in [0.15, 0.2) is 87.7 Å². The predicted molar refractivity (Wildman–Crippen MR) is 110 cm³/mol. The average Bonchev–Trinajstić information content (AvgIpc) is 2.84. The molecule has 0 spiro atoms. The second-order valence-electron chi connectivity index (χ2n) is 6.33. The molecule has 1 atom stereocenters. The third-order valence-corrected chi connectivity index (χ3v) is 6.66. The number of carbonyl (C=O) groups excluding carboxylic acids is 1. The predicted octanol–water partition coefficient (Wildman–Crippen LogP) is 6.32. The normalized spacial score (nSPS) is 17.9. The van der Waals surface area contributed by atoms with E-state index in [9.17, 15) is 4.79 Å². The molecule has 1 aliphatic heterocycles. The summed E-state index contributed by atoms with van der Waals surface area (Å²) in [4.78, 5) is 14.4. The largest absolute Gasteiger partial charge is 0.354 e. The van der Waals surface area contributed by atoms with Crippen molar-refractivity contribution in [1.29, 1.82) is 0 Å². The van der Waals surface area contributed by atoms with Gasteiger partial charge in [-0.2, -0.15) is 0 Å². The summed E-state index contributed by atoms with van der Waals surface area (Å²) in [5.74, 6) is 0.122. The van der Waals surface area contributed by atoms with Crippen molar-refractivity contribution in [2.24, 2.45) is 0 Å². The first-order chi connectivity index (χ1) is 12.7. The van der Waals surface area contributed by atoms with Gasteiger partial charge in [0.2, 0.25) is 0 Å². The van der Waals surface area contributed by atoms with Crippen molar-refractivity contribution >= 4 is 44.9 Å². The highest BCUT2D eigenvalue weighted by molar-refractivity contribution is 9.10. The minimum Gasteiger partial charge on any atom is -0.354 e. The van der Waals surface area contributed by atoms with Gasteiger partial charge in [-0.25, -0.2) is 0 Å². The number of Topliss-reactive ketones (excluding diaryl/α,β-unsaturated/α-hetero) is 1. The Hall–Kier alpha value is -2.30. The van der Waals surface area contributed by atoms with E-state index in [0.29, 0.717) is 0 Å². The molecule has 0 bridgehead atoms. The van der Waals surface area contributed by atoms with Crippen molar-refractivity contribution in [2.75, 3.05) is 5.32 Å². The Morgan fingerprint density at radius 3 is 2.35 bits per heavy atom. The molecule has 1 N–H and O–H groups in total. The Labute approximate surface area is 164 Å². The summed E-state index contributed by atoms with van der Waals surface area (Å²) in [5.41, 5.74) is 5.74. The van der Waals surface area contributed by atoms with Gasteiger partial charge in [0.15, 0.2) is 5.78 Å². The lowest BCUT2D eigenvalue weighted by molar-refractivity contribution is 0.103. The smallest absolute Gasteiger partial charge is 0.193 e. The third-order valence-electron chi connectivity index (χ3n) is 4.78. The van der Waals surface area contributed by atoms with Gasteiger partial charge in [0.05, 0.1) is 16.6 Å². The van der Waals surface area contributed by atoms with Crippen molar-refractivity contribution in [3.63, 3.8) is 0 Å². The summed E-state index contributed by atoms with van der Waals surface area (Å²) in [6, 6.07) is 24.4. The van der Waals surface area contributed by atoms with Crippen LogP contribution in [-0.2, 0) is 0 Å². The molecule has 0 saturated carbocycles. The lowest BCUT2D eigenvalue weighted by Gasteiger charge is -2.17. The molecule has 0 fully saturated rings. The molecule has 2 aliphatic rings. The summed E-state index contributed by atoms with van der Waals surface area (Å²) in [7, 11) is 0. The Morgan fingerprint density at radius 2 is 1.54 bits per heavy atom. The molecule has 1 aliphatic carbocycles. The Bertz CT molecular complexity index is 1070. The van der Waals surface area contributed by atoms with Crippen LogP contribution in [-0.4, -0.2) is 5.78 Å². The van der Waals surface area contributed by atoms with E-state index in [-0.39, 0.29) is 11.0 Å². The standard InChI is InChI=1S/C22H14BrNOS/c23-14-11-9-13(10-12-14)22-19-20(15-5-1-2-6-16(15)21(19)25)24-17-7-3-4-8-18(17)26-22/h1-12,22,24H. The molecule has 0 aromatic heterocycles. The van der Waals surface area contributed by atoms with Gasteiger partial charge < -0.3 is 5.32 Å². The molecule has 3 aromatic rings. The van der Waals surface area contributed by atoms with E-state index in [2.05, 4.69) is 45.5 Å². The van der Waals surface area contributed by atoms with Gasteiger partial charge in [0.1, 0.15) is 0 Å². The number of hydrogen-bond donors (Lipinski definition) is 1. The van der Waals surface area contributed by atoms with Crippen LogP contribution in [0.2, 0.25) is 0 Å². The van der Waals surface area contributed by atoms with E-state index in [0.717, 1.165) is 43.0 Å². The Morgan fingerprint density at radius 1 is 0.846 bits per heavy atom. The van der Waals surface area contributed by atoms with E-state index in [1.165, 1.54) is 0 Å². The Kier molecular flexibility index (Phi) is 3.76. The number of carbonyl (C=O) groups is 1. The van der Waals surface area contributed by atoms with E-state index in [1.807, 2.05) is 48.5 Å². The number of para-hydroxylation sites is 1. The van der Waals surface area contributed by atoms with E-state index in [4.69, 9.17) is 0 Å². The van der Waals surface area contributed by atoms with Crippen LogP contribution in [0.1, 0.15) is 26.7 Å².